The molecule has 6 unspecified atom stereocenters. The van der Waals surface area contributed by atoms with Gasteiger partial charge in [0.2, 0.25) is 0 Å². The molecule has 213 valence electrons. The van der Waals surface area contributed by atoms with Crippen LogP contribution in [0.15, 0.2) is 56.9 Å². The molecule has 9 heterocycles. The minimum Gasteiger partial charge on any atom is -0.695 e. The maximum atomic E-state index is 5.13. The molecule has 0 spiro atoms. The van der Waals surface area contributed by atoms with Gasteiger partial charge in [-0.25, -0.2) is 0 Å². The molecule has 4 aromatic heterocycles. The molecule has 9 rings (SSSR count). The number of pyridine rings is 2. The van der Waals surface area contributed by atoms with Crippen LogP contribution in [0.25, 0.3) is 32.2 Å². The zero-order chi connectivity index (χ0) is 26.2. The molecule has 41 heavy (non-hydrogen) atoms. The average molecular weight is 594 g/mol. The van der Waals surface area contributed by atoms with Gasteiger partial charge in [-0.1, -0.05) is 5.39 Å². The van der Waals surface area contributed by atoms with E-state index in [1.165, 1.54) is 0 Å². The van der Waals surface area contributed by atoms with Gasteiger partial charge in [0.1, 0.15) is 0 Å². The van der Waals surface area contributed by atoms with Crippen molar-refractivity contribution in [2.24, 2.45) is 43.6 Å². The smallest absolute Gasteiger partial charge is 0.0578 e. The largest absolute Gasteiger partial charge is 0.695 e. The predicted molar refractivity (Wildman–Crippen MR) is 150 cm³/mol. The second-order valence-corrected chi connectivity index (χ2v) is 11.2. The van der Waals surface area contributed by atoms with E-state index in [0.29, 0.717) is 22.6 Å². The van der Waals surface area contributed by atoms with Crippen LogP contribution in [0.5, 0.6) is 0 Å². The summed E-state index contributed by atoms with van der Waals surface area (Å²) in [4.78, 5) is 38.9. The van der Waals surface area contributed by atoms with Gasteiger partial charge in [0.25, 0.3) is 0 Å². The van der Waals surface area contributed by atoms with Gasteiger partial charge < -0.3 is 51.2 Å². The molecule has 1 radical (unpaired) electrons. The molecular weight excluding hydrogens is 568 g/mol. The first-order chi connectivity index (χ1) is 19.8. The molecule has 0 aromatic carbocycles. The topological polar surface area (TPSA) is 156 Å². The minimum absolute atomic E-state index is 0. The van der Waals surface area contributed by atoms with Gasteiger partial charge in [-0.15, -0.1) is 0 Å². The van der Waals surface area contributed by atoms with Gasteiger partial charge in [0.05, 0.1) is 11.7 Å². The molecule has 0 amide bonds. The van der Waals surface area contributed by atoms with Crippen molar-refractivity contribution in [3.63, 3.8) is 0 Å². The fraction of sp³-hybridized carbons (Fsp3) is 0.429. The van der Waals surface area contributed by atoms with Crippen LogP contribution >= 0.6 is 0 Å². The summed E-state index contributed by atoms with van der Waals surface area (Å²) < 4.78 is 0. The van der Waals surface area contributed by atoms with Crippen molar-refractivity contribution in [3.05, 3.63) is 58.5 Å². The first-order valence-electron chi connectivity index (χ1n) is 14.0. The Bertz CT molecular complexity index is 1710. The predicted octanol–water partition coefficient (Wildman–Crippen LogP) is 1.59. The molecule has 2 N–H and O–H groups in total. The van der Waals surface area contributed by atoms with Gasteiger partial charge in [-0.05, 0) is 79.5 Å². The number of aliphatic imine (C=N–C) groups is 2. The Morgan fingerprint density at radius 1 is 0.659 bits per heavy atom. The fourth-order valence-corrected chi connectivity index (χ4v) is 6.97. The number of piperidine rings is 2. The van der Waals surface area contributed by atoms with E-state index in [2.05, 4.69) is 20.6 Å². The van der Waals surface area contributed by atoms with Crippen molar-refractivity contribution >= 4 is 44.9 Å². The zero-order valence-electron chi connectivity index (χ0n) is 21.9. The second-order valence-electron chi connectivity index (χ2n) is 11.2. The standard InChI is InChI=1S/C28H26N12.Cu/c1-5-29-9-17-13(1)21-33-25(17)38-22-15-3-7-31-11-19(15)27(35-22)40-24-16-4-8-32-12-20(16)28(36-24)39-23-14-2-6-30-10-18(14)26(34-23)37-21;/h1,4-5,8-9,12,14-15,18-19,22,26,30-31H,2-3,6-7,10-11H2;/q-4;. The van der Waals surface area contributed by atoms with Crippen LogP contribution in [-0.2, 0) is 17.1 Å². The molecule has 13 heteroatoms. The minimum atomic E-state index is -0.294. The number of amidine groups is 2. The summed E-state index contributed by atoms with van der Waals surface area (Å²) in [5.74, 6) is 3.62. The van der Waals surface area contributed by atoms with Gasteiger partial charge in [-0.2, -0.15) is 0 Å². The summed E-state index contributed by atoms with van der Waals surface area (Å²) in [6.07, 6.45) is 8.54. The van der Waals surface area contributed by atoms with Crippen LogP contribution < -0.4 is 31.6 Å². The van der Waals surface area contributed by atoms with E-state index >= 15 is 0 Å². The third kappa shape index (κ3) is 3.94. The van der Waals surface area contributed by atoms with Gasteiger partial charge in [-0.3, -0.25) is 21.6 Å². The van der Waals surface area contributed by atoms with E-state index in [-0.39, 0.29) is 53.1 Å². The third-order valence-corrected chi connectivity index (χ3v) is 9.00. The number of nitrogens with one attached hydrogen (secondary N) is 2. The van der Waals surface area contributed by atoms with Gasteiger partial charge >= 0.3 is 0 Å². The molecule has 5 aliphatic heterocycles. The molecule has 4 aromatic rings. The molecular formula is C28H26CuN12-4. The summed E-state index contributed by atoms with van der Waals surface area (Å²) in [7, 11) is 0. The summed E-state index contributed by atoms with van der Waals surface area (Å²) in [6.45, 7) is 3.48. The Balaban J connectivity index is 0.00000256. The maximum absolute atomic E-state index is 5.13. The van der Waals surface area contributed by atoms with Crippen molar-refractivity contribution in [3.8, 4) is 0 Å². The Hall–Kier alpha value is -3.64. The molecule has 8 bridgehead atoms. The van der Waals surface area contributed by atoms with Crippen LogP contribution in [0.1, 0.15) is 12.8 Å². The number of aromatic nitrogens is 4. The van der Waals surface area contributed by atoms with Gasteiger partial charge in [0, 0.05) is 76.6 Å². The first kappa shape index (κ1) is 25.1. The Labute approximate surface area is 245 Å². The monoisotopic (exact) mass is 593 g/mol. The van der Waals surface area contributed by atoms with E-state index in [1.54, 1.807) is 12.4 Å². The van der Waals surface area contributed by atoms with E-state index in [4.69, 9.17) is 40.6 Å². The van der Waals surface area contributed by atoms with Crippen LogP contribution in [0.2, 0.25) is 0 Å². The molecule has 12 nitrogen and oxygen atoms in total. The average Bonchev–Trinajstić information content (AvgIpc) is 3.73. The summed E-state index contributed by atoms with van der Waals surface area (Å²) in [6, 6.07) is 3.92. The van der Waals surface area contributed by atoms with Crippen LogP contribution in [-0.4, -0.2) is 60.1 Å². The Kier molecular flexibility index (Phi) is 5.96. The second kappa shape index (κ2) is 9.73. The Morgan fingerprint density at radius 3 is 2.17 bits per heavy atom. The van der Waals surface area contributed by atoms with Crippen LogP contribution in [0, 0.1) is 23.7 Å². The van der Waals surface area contributed by atoms with Crippen molar-refractivity contribution in [2.75, 3.05) is 26.2 Å². The molecule has 0 saturated carbocycles. The van der Waals surface area contributed by atoms with Crippen molar-refractivity contribution in [2.45, 2.75) is 25.2 Å². The summed E-state index contributed by atoms with van der Waals surface area (Å²) in [5, 5.41) is 20.9. The maximum Gasteiger partial charge on any atom is 0.0578 e. The molecule has 5 aliphatic rings. The van der Waals surface area contributed by atoms with Gasteiger partial charge in [0.15, 0.2) is 0 Å². The van der Waals surface area contributed by atoms with E-state index in [0.717, 1.165) is 72.2 Å². The number of rotatable bonds is 0. The molecule has 0 aliphatic carbocycles. The van der Waals surface area contributed by atoms with Crippen LogP contribution in [0.3, 0.4) is 0 Å². The quantitative estimate of drug-likeness (QED) is 0.295. The zero-order valence-corrected chi connectivity index (χ0v) is 22.9. The number of hydrogen-bond donors (Lipinski definition) is 2. The number of fused-ring (bicyclic) bond motifs is 18. The first-order valence-corrected chi connectivity index (χ1v) is 14.0. The normalized spacial score (nSPS) is 30.0. The van der Waals surface area contributed by atoms with E-state index < -0.39 is 0 Å². The number of nitrogens with zero attached hydrogens (tertiary/aromatic N) is 10. The van der Waals surface area contributed by atoms with Crippen molar-refractivity contribution in [1.29, 1.82) is 0 Å². The van der Waals surface area contributed by atoms with Crippen LogP contribution in [0.4, 0.5) is 11.6 Å². The van der Waals surface area contributed by atoms with E-state index in [9.17, 15) is 0 Å². The SMILES string of the molecule is [Cu].c1cc2c3[n-]c(c2cn1)[N-]C1N=C(N=c2[n-]c(c4cnccc24)=NC2=NC([N-]3)C3CNCCC23)C2CNCCC12. The summed E-state index contributed by atoms with van der Waals surface area (Å²) in [5.41, 5.74) is 1.23. The fourth-order valence-electron chi connectivity index (χ4n) is 6.97. The molecule has 2 saturated heterocycles. The number of hydrogen-bond acceptors (Lipinski definition) is 8. The summed E-state index contributed by atoms with van der Waals surface area (Å²) >= 11 is 0. The van der Waals surface area contributed by atoms with Crippen molar-refractivity contribution in [1.82, 2.24) is 30.6 Å². The van der Waals surface area contributed by atoms with E-state index in [1.807, 2.05) is 24.5 Å². The van der Waals surface area contributed by atoms with Crippen molar-refractivity contribution < 1.29 is 17.1 Å². The third-order valence-electron chi connectivity index (χ3n) is 9.00. The molecule has 6 atom stereocenters. The molecule has 2 fully saturated rings. The Morgan fingerprint density at radius 2 is 1.32 bits per heavy atom.